The first-order chi connectivity index (χ1) is 11.2. The van der Waals surface area contributed by atoms with E-state index in [0.717, 1.165) is 25.7 Å². The van der Waals surface area contributed by atoms with Gasteiger partial charge in [-0.25, -0.2) is 4.68 Å². The van der Waals surface area contributed by atoms with Gasteiger partial charge >= 0.3 is 0 Å². The molecule has 1 aromatic heterocycles. The minimum atomic E-state index is -0.940. The summed E-state index contributed by atoms with van der Waals surface area (Å²) >= 11 is 0. The lowest BCUT2D eigenvalue weighted by atomic mass is 10.1. The topological polar surface area (TPSA) is 50.9 Å². The second-order valence-electron chi connectivity index (χ2n) is 7.34. The van der Waals surface area contributed by atoms with E-state index in [1.165, 1.54) is 16.7 Å². The number of nitrogens with zero attached hydrogens (tertiary/aromatic N) is 3. The van der Waals surface area contributed by atoms with Gasteiger partial charge in [0, 0.05) is 0 Å². The highest BCUT2D eigenvalue weighted by molar-refractivity contribution is 5.06. The second kappa shape index (κ2) is 9.58. The van der Waals surface area contributed by atoms with Crippen LogP contribution in [0.4, 0.5) is 0 Å². The molecule has 0 unspecified atom stereocenters. The SMILES string of the molecule is CC(C)=CCC/C(C)=C/CC/C(C)=C\Cn1cc(C(C)(C)O)nn1. The van der Waals surface area contributed by atoms with Crippen LogP contribution in [-0.2, 0) is 12.1 Å². The molecular weight excluding hydrogens is 298 g/mol. The van der Waals surface area contributed by atoms with Crippen LogP contribution in [0.2, 0.25) is 0 Å². The second-order valence-corrected chi connectivity index (χ2v) is 7.34. The van der Waals surface area contributed by atoms with E-state index < -0.39 is 5.60 Å². The lowest BCUT2D eigenvalue weighted by molar-refractivity contribution is 0.0737. The molecule has 0 aromatic carbocycles. The van der Waals surface area contributed by atoms with Gasteiger partial charge in [0.1, 0.15) is 11.3 Å². The van der Waals surface area contributed by atoms with Crippen molar-refractivity contribution in [3.8, 4) is 0 Å². The van der Waals surface area contributed by atoms with Gasteiger partial charge in [-0.15, -0.1) is 5.10 Å². The molecule has 24 heavy (non-hydrogen) atoms. The first-order valence-electron chi connectivity index (χ1n) is 8.76. The van der Waals surface area contributed by atoms with E-state index in [1.807, 2.05) is 0 Å². The smallest absolute Gasteiger partial charge is 0.114 e. The Bertz CT molecular complexity index is 597. The largest absolute Gasteiger partial charge is 0.384 e. The molecule has 4 heteroatoms. The molecule has 1 aromatic rings. The molecule has 0 aliphatic carbocycles. The van der Waals surface area contributed by atoms with Crippen LogP contribution in [0.1, 0.15) is 72.9 Å². The molecule has 0 aliphatic heterocycles. The van der Waals surface area contributed by atoms with E-state index >= 15 is 0 Å². The third kappa shape index (κ3) is 8.25. The molecular formula is C20H33N3O. The summed E-state index contributed by atoms with van der Waals surface area (Å²) in [6, 6.07) is 0. The molecule has 0 saturated heterocycles. The lowest BCUT2D eigenvalue weighted by Gasteiger charge is -2.11. The summed E-state index contributed by atoms with van der Waals surface area (Å²) in [4.78, 5) is 0. The number of allylic oxidation sites excluding steroid dienone is 6. The summed E-state index contributed by atoms with van der Waals surface area (Å²) in [7, 11) is 0. The normalized spacial score (nSPS) is 13.3. The van der Waals surface area contributed by atoms with E-state index in [4.69, 9.17) is 0 Å². The molecule has 0 spiro atoms. The van der Waals surface area contributed by atoms with Gasteiger partial charge < -0.3 is 5.11 Å². The zero-order chi connectivity index (χ0) is 18.2. The highest BCUT2D eigenvalue weighted by atomic mass is 16.3. The lowest BCUT2D eigenvalue weighted by Crippen LogP contribution is -2.15. The summed E-state index contributed by atoms with van der Waals surface area (Å²) in [5, 5.41) is 18.0. The average molecular weight is 332 g/mol. The van der Waals surface area contributed by atoms with Crippen LogP contribution in [-0.4, -0.2) is 20.1 Å². The Morgan fingerprint density at radius 2 is 1.62 bits per heavy atom. The molecule has 0 atom stereocenters. The van der Waals surface area contributed by atoms with Crippen molar-refractivity contribution in [3.05, 3.63) is 46.8 Å². The van der Waals surface area contributed by atoms with Crippen LogP contribution in [0.5, 0.6) is 0 Å². The van der Waals surface area contributed by atoms with Crippen molar-refractivity contribution in [1.82, 2.24) is 15.0 Å². The minimum absolute atomic E-state index is 0.600. The van der Waals surface area contributed by atoms with Crippen LogP contribution in [0.25, 0.3) is 0 Å². The maximum Gasteiger partial charge on any atom is 0.114 e. The van der Waals surface area contributed by atoms with Crippen molar-refractivity contribution < 1.29 is 5.11 Å². The van der Waals surface area contributed by atoms with Gasteiger partial charge in [-0.05, 0) is 67.2 Å². The minimum Gasteiger partial charge on any atom is -0.384 e. The molecule has 1 rings (SSSR count). The van der Waals surface area contributed by atoms with Crippen molar-refractivity contribution in [2.45, 2.75) is 79.4 Å². The first-order valence-corrected chi connectivity index (χ1v) is 8.76. The maximum atomic E-state index is 9.90. The zero-order valence-corrected chi connectivity index (χ0v) is 16.1. The van der Waals surface area contributed by atoms with Gasteiger partial charge in [-0.3, -0.25) is 0 Å². The Balaban J connectivity index is 2.39. The molecule has 1 N–H and O–H groups in total. The van der Waals surface area contributed by atoms with E-state index in [1.54, 1.807) is 24.7 Å². The van der Waals surface area contributed by atoms with E-state index in [-0.39, 0.29) is 0 Å². The third-order valence-corrected chi connectivity index (χ3v) is 3.92. The van der Waals surface area contributed by atoms with Gasteiger partial charge in [0.25, 0.3) is 0 Å². The van der Waals surface area contributed by atoms with Crippen molar-refractivity contribution in [2.75, 3.05) is 0 Å². The van der Waals surface area contributed by atoms with E-state index in [2.05, 4.69) is 56.2 Å². The fourth-order valence-corrected chi connectivity index (χ4v) is 2.26. The van der Waals surface area contributed by atoms with Crippen LogP contribution in [0.3, 0.4) is 0 Å². The summed E-state index contributed by atoms with van der Waals surface area (Å²) in [5.74, 6) is 0. The number of rotatable bonds is 9. The highest BCUT2D eigenvalue weighted by Crippen LogP contribution is 2.16. The van der Waals surface area contributed by atoms with Crippen LogP contribution in [0, 0.1) is 0 Å². The fraction of sp³-hybridized carbons (Fsp3) is 0.600. The summed E-state index contributed by atoms with van der Waals surface area (Å²) in [6.45, 7) is 12.8. The Morgan fingerprint density at radius 3 is 2.17 bits per heavy atom. The van der Waals surface area contributed by atoms with Gasteiger partial charge in [0.2, 0.25) is 0 Å². The maximum absolute atomic E-state index is 9.90. The molecule has 0 amide bonds. The van der Waals surface area contributed by atoms with E-state index in [0.29, 0.717) is 12.2 Å². The van der Waals surface area contributed by atoms with E-state index in [9.17, 15) is 5.11 Å². The number of aromatic nitrogens is 3. The van der Waals surface area contributed by atoms with Crippen LogP contribution >= 0.6 is 0 Å². The van der Waals surface area contributed by atoms with Gasteiger partial charge in [-0.2, -0.15) is 0 Å². The third-order valence-electron chi connectivity index (χ3n) is 3.92. The molecule has 0 fully saturated rings. The Kier molecular flexibility index (Phi) is 8.13. The number of hydrogen-bond donors (Lipinski definition) is 1. The summed E-state index contributed by atoms with van der Waals surface area (Å²) in [5.41, 5.74) is 3.87. The Hall–Kier alpha value is -1.68. The Morgan fingerprint density at radius 1 is 1.04 bits per heavy atom. The Labute approximate surface area is 147 Å². The number of hydrogen-bond acceptors (Lipinski definition) is 3. The molecule has 0 saturated carbocycles. The van der Waals surface area contributed by atoms with Gasteiger partial charge in [0.15, 0.2) is 0 Å². The predicted molar refractivity (Wildman–Crippen MR) is 101 cm³/mol. The molecule has 4 nitrogen and oxygen atoms in total. The predicted octanol–water partition coefficient (Wildman–Crippen LogP) is 4.92. The van der Waals surface area contributed by atoms with Crippen molar-refractivity contribution in [1.29, 1.82) is 0 Å². The monoisotopic (exact) mass is 331 g/mol. The fourth-order valence-electron chi connectivity index (χ4n) is 2.26. The average Bonchev–Trinajstić information content (AvgIpc) is 2.93. The van der Waals surface area contributed by atoms with Crippen molar-refractivity contribution in [2.24, 2.45) is 0 Å². The quantitative estimate of drug-likeness (QED) is 0.653. The first kappa shape index (κ1) is 20.4. The zero-order valence-electron chi connectivity index (χ0n) is 16.1. The summed E-state index contributed by atoms with van der Waals surface area (Å²) < 4.78 is 1.76. The summed E-state index contributed by atoms with van der Waals surface area (Å²) in [6.07, 6.45) is 13.0. The number of aliphatic hydroxyl groups is 1. The van der Waals surface area contributed by atoms with Crippen LogP contribution in [0.15, 0.2) is 41.1 Å². The van der Waals surface area contributed by atoms with Gasteiger partial charge in [0.05, 0.1) is 12.7 Å². The molecule has 134 valence electrons. The van der Waals surface area contributed by atoms with Gasteiger partial charge in [-0.1, -0.05) is 40.2 Å². The van der Waals surface area contributed by atoms with Crippen molar-refractivity contribution >= 4 is 0 Å². The molecule has 0 bridgehead atoms. The molecule has 0 radical (unpaired) electrons. The van der Waals surface area contributed by atoms with Crippen LogP contribution < -0.4 is 0 Å². The van der Waals surface area contributed by atoms with Crippen molar-refractivity contribution in [3.63, 3.8) is 0 Å². The highest BCUT2D eigenvalue weighted by Gasteiger charge is 2.19. The standard InChI is InChI=1S/C20H33N3O/c1-16(2)9-7-10-17(3)11-8-12-18(4)13-14-23-15-19(21-22-23)20(5,6)24/h9,11,13,15,24H,7-8,10,12,14H2,1-6H3/b17-11+,18-13-. The molecule has 0 aliphatic rings. The molecule has 1 heterocycles.